The third-order valence-electron chi connectivity index (χ3n) is 4.95. The summed E-state index contributed by atoms with van der Waals surface area (Å²) in [5.41, 5.74) is -0.850. The molecule has 0 amide bonds. The highest BCUT2D eigenvalue weighted by molar-refractivity contribution is 5.48. The van der Waals surface area contributed by atoms with Gasteiger partial charge < -0.3 is 10.1 Å². The van der Waals surface area contributed by atoms with Crippen molar-refractivity contribution in [1.82, 2.24) is 14.3 Å². The number of aromatic nitrogens is 3. The first-order valence-corrected chi connectivity index (χ1v) is 9.77. The predicted octanol–water partition coefficient (Wildman–Crippen LogP) is 4.23. The summed E-state index contributed by atoms with van der Waals surface area (Å²) in [6, 6.07) is 6.09. The van der Waals surface area contributed by atoms with E-state index in [0.717, 1.165) is 16.7 Å². The lowest BCUT2D eigenvalue weighted by molar-refractivity contribution is -0.153. The van der Waals surface area contributed by atoms with E-state index in [1.54, 1.807) is 18.3 Å². The Hall–Kier alpha value is -3.37. The minimum absolute atomic E-state index is 0.0204. The number of nitrogens with zero attached hydrogens (tertiary/aromatic N) is 3. The summed E-state index contributed by atoms with van der Waals surface area (Å²) in [5.74, 6) is -1.20. The number of nitrogens with one attached hydrogen (secondary N) is 1. The molecular weight excluding hydrogens is 435 g/mol. The topological polar surface area (TPSA) is 61.1 Å². The van der Waals surface area contributed by atoms with E-state index in [4.69, 9.17) is 4.74 Å². The number of ether oxygens (including phenoxy) is 1. The van der Waals surface area contributed by atoms with Gasteiger partial charge in [0, 0.05) is 30.6 Å². The Morgan fingerprint density at radius 1 is 1.22 bits per heavy atom. The van der Waals surface area contributed by atoms with Crippen LogP contribution in [0.5, 0.6) is 5.75 Å². The molecule has 4 rings (SSSR count). The Labute approximate surface area is 179 Å². The number of hydrogen-bond acceptors (Lipinski definition) is 4. The molecule has 11 heteroatoms. The molecule has 0 unspecified atom stereocenters. The molecule has 1 fully saturated rings. The lowest BCUT2D eigenvalue weighted by Crippen LogP contribution is -2.25. The third-order valence-corrected chi connectivity index (χ3v) is 4.95. The second-order valence-electron chi connectivity index (χ2n) is 7.66. The molecule has 6 nitrogen and oxygen atoms in total. The van der Waals surface area contributed by atoms with Gasteiger partial charge in [0.1, 0.15) is 17.2 Å². The fraction of sp³-hybridized carbons (Fsp3) is 0.333. The van der Waals surface area contributed by atoms with Crippen LogP contribution in [0.3, 0.4) is 0 Å². The number of rotatable bonds is 8. The fourth-order valence-electron chi connectivity index (χ4n) is 3.15. The SMILES string of the molecule is O=c1c(CNc2cnn(CC3(F)CC3)c2)cccn1-c1ccc(F)cc1OCC(F)(F)F. The minimum atomic E-state index is -4.62. The van der Waals surface area contributed by atoms with Crippen molar-refractivity contribution in [2.75, 3.05) is 11.9 Å². The Bertz CT molecular complexity index is 1170. The van der Waals surface area contributed by atoms with Crippen LogP contribution in [-0.2, 0) is 13.1 Å². The molecule has 0 aliphatic heterocycles. The van der Waals surface area contributed by atoms with E-state index >= 15 is 0 Å². The first-order valence-electron chi connectivity index (χ1n) is 9.77. The molecule has 1 aliphatic rings. The van der Waals surface area contributed by atoms with Crippen LogP contribution < -0.4 is 15.6 Å². The van der Waals surface area contributed by atoms with Crippen molar-refractivity contribution in [1.29, 1.82) is 0 Å². The van der Waals surface area contributed by atoms with Crippen LogP contribution in [0.2, 0.25) is 0 Å². The van der Waals surface area contributed by atoms with E-state index in [1.807, 2.05) is 0 Å². The Kier molecular flexibility index (Phi) is 5.66. The lowest BCUT2D eigenvalue weighted by Gasteiger charge is -2.15. The van der Waals surface area contributed by atoms with E-state index in [2.05, 4.69) is 10.4 Å². The highest BCUT2D eigenvalue weighted by Gasteiger charge is 2.43. The van der Waals surface area contributed by atoms with Crippen LogP contribution in [0.4, 0.5) is 27.6 Å². The first kappa shape index (κ1) is 21.8. The van der Waals surface area contributed by atoms with Crippen LogP contribution in [0.25, 0.3) is 5.69 Å². The molecule has 1 N–H and O–H groups in total. The zero-order valence-corrected chi connectivity index (χ0v) is 16.7. The van der Waals surface area contributed by atoms with Gasteiger partial charge in [-0.15, -0.1) is 0 Å². The summed E-state index contributed by atoms with van der Waals surface area (Å²) >= 11 is 0. The third kappa shape index (κ3) is 5.27. The summed E-state index contributed by atoms with van der Waals surface area (Å²) in [7, 11) is 0. The van der Waals surface area contributed by atoms with Crippen LogP contribution in [0, 0.1) is 5.82 Å². The summed E-state index contributed by atoms with van der Waals surface area (Å²) in [6.45, 7) is -1.37. The molecule has 170 valence electrons. The predicted molar refractivity (Wildman–Crippen MR) is 106 cm³/mol. The van der Waals surface area contributed by atoms with Gasteiger partial charge in [0.25, 0.3) is 5.56 Å². The molecule has 2 heterocycles. The van der Waals surface area contributed by atoms with Crippen LogP contribution in [0.1, 0.15) is 18.4 Å². The maximum absolute atomic E-state index is 13.9. The summed E-state index contributed by atoms with van der Waals surface area (Å²) < 4.78 is 72.4. The molecule has 1 aliphatic carbocycles. The van der Waals surface area contributed by atoms with Crippen molar-refractivity contribution in [2.45, 2.75) is 37.8 Å². The molecule has 32 heavy (non-hydrogen) atoms. The summed E-state index contributed by atoms with van der Waals surface area (Å²) in [4.78, 5) is 12.9. The molecular formula is C21H19F5N4O2. The molecule has 1 saturated carbocycles. The van der Waals surface area contributed by atoms with Gasteiger partial charge in [-0.1, -0.05) is 6.07 Å². The second kappa shape index (κ2) is 8.29. The van der Waals surface area contributed by atoms with Crippen molar-refractivity contribution in [3.8, 4) is 11.4 Å². The van der Waals surface area contributed by atoms with Gasteiger partial charge in [0.15, 0.2) is 6.61 Å². The highest BCUT2D eigenvalue weighted by atomic mass is 19.4. The Morgan fingerprint density at radius 2 is 2.00 bits per heavy atom. The highest BCUT2D eigenvalue weighted by Crippen LogP contribution is 2.41. The van der Waals surface area contributed by atoms with Crippen molar-refractivity contribution < 1.29 is 26.7 Å². The van der Waals surface area contributed by atoms with Crippen molar-refractivity contribution >= 4 is 5.69 Å². The van der Waals surface area contributed by atoms with Gasteiger partial charge in [-0.25, -0.2) is 8.78 Å². The largest absolute Gasteiger partial charge is 0.482 e. The van der Waals surface area contributed by atoms with Gasteiger partial charge in [-0.3, -0.25) is 14.0 Å². The number of benzene rings is 1. The monoisotopic (exact) mass is 454 g/mol. The van der Waals surface area contributed by atoms with Crippen LogP contribution >= 0.6 is 0 Å². The number of pyridine rings is 1. The number of anilines is 1. The zero-order valence-electron chi connectivity index (χ0n) is 16.7. The van der Waals surface area contributed by atoms with E-state index in [0.29, 0.717) is 24.1 Å². The van der Waals surface area contributed by atoms with Gasteiger partial charge in [-0.05, 0) is 31.0 Å². The zero-order chi connectivity index (χ0) is 22.9. The quantitative estimate of drug-likeness (QED) is 0.518. The minimum Gasteiger partial charge on any atom is -0.482 e. The smallest absolute Gasteiger partial charge is 0.422 e. The molecule has 0 atom stereocenters. The number of alkyl halides is 4. The van der Waals surface area contributed by atoms with Crippen molar-refractivity contribution in [3.05, 3.63) is 70.7 Å². The fourth-order valence-corrected chi connectivity index (χ4v) is 3.15. The average Bonchev–Trinajstić information content (AvgIpc) is 3.28. The first-order chi connectivity index (χ1) is 15.1. The van der Waals surface area contributed by atoms with Gasteiger partial charge in [-0.2, -0.15) is 18.3 Å². The normalized spacial score (nSPS) is 14.9. The Morgan fingerprint density at radius 3 is 2.72 bits per heavy atom. The van der Waals surface area contributed by atoms with Gasteiger partial charge >= 0.3 is 6.18 Å². The maximum Gasteiger partial charge on any atom is 0.422 e. The van der Waals surface area contributed by atoms with E-state index in [1.165, 1.54) is 23.1 Å². The summed E-state index contributed by atoms with van der Waals surface area (Å²) in [6.07, 6.45) is 0.898. The average molecular weight is 454 g/mol. The molecule has 2 aromatic heterocycles. The van der Waals surface area contributed by atoms with Gasteiger partial charge in [0.2, 0.25) is 0 Å². The molecule has 0 saturated heterocycles. The van der Waals surface area contributed by atoms with E-state index in [-0.39, 0.29) is 18.8 Å². The number of hydrogen-bond donors (Lipinski definition) is 1. The van der Waals surface area contributed by atoms with Crippen LogP contribution in [-0.4, -0.2) is 32.8 Å². The molecule has 3 aromatic rings. The summed E-state index contributed by atoms with van der Waals surface area (Å²) in [5, 5.41) is 7.11. The van der Waals surface area contributed by atoms with E-state index < -0.39 is 35.6 Å². The standard InChI is InChI=1S/C21H19F5N4O2/c22-15-3-4-17(18(8-15)32-13-21(24,25)26)30-7-1-2-14(19(30)31)9-27-16-10-28-29(11-16)12-20(23)5-6-20/h1-4,7-8,10-11,27H,5-6,9,12-13H2. The van der Waals surface area contributed by atoms with E-state index in [9.17, 15) is 26.7 Å². The second-order valence-corrected chi connectivity index (χ2v) is 7.66. The molecule has 1 aromatic carbocycles. The van der Waals surface area contributed by atoms with Gasteiger partial charge in [0.05, 0.1) is 24.1 Å². The number of halogens is 5. The van der Waals surface area contributed by atoms with Crippen molar-refractivity contribution in [2.24, 2.45) is 0 Å². The van der Waals surface area contributed by atoms with Crippen LogP contribution in [0.15, 0.2) is 53.7 Å². The maximum atomic E-state index is 13.9. The molecule has 0 bridgehead atoms. The molecule has 0 radical (unpaired) electrons. The molecule has 0 spiro atoms. The lowest BCUT2D eigenvalue weighted by atomic mass is 10.2. The van der Waals surface area contributed by atoms with Crippen molar-refractivity contribution in [3.63, 3.8) is 0 Å². The Balaban J connectivity index is 1.52.